The van der Waals surface area contributed by atoms with Crippen LogP contribution in [-0.2, 0) is 11.2 Å². The highest BCUT2D eigenvalue weighted by molar-refractivity contribution is 5.79. The van der Waals surface area contributed by atoms with Gasteiger partial charge in [-0.05, 0) is 12.5 Å². The molecule has 0 aromatic heterocycles. The van der Waals surface area contributed by atoms with Crippen molar-refractivity contribution in [2.24, 2.45) is 0 Å². The molecule has 0 bridgehead atoms. The molecule has 18 heavy (non-hydrogen) atoms. The maximum absolute atomic E-state index is 12.2. The van der Waals surface area contributed by atoms with Gasteiger partial charge < -0.3 is 15.0 Å². The van der Waals surface area contributed by atoms with Gasteiger partial charge in [0.1, 0.15) is 5.75 Å². The maximum Gasteiger partial charge on any atom is 0.227 e. The summed E-state index contributed by atoms with van der Waals surface area (Å²) in [6, 6.07) is 5.93. The van der Waals surface area contributed by atoms with Crippen LogP contribution in [0.5, 0.6) is 5.75 Å². The highest BCUT2D eigenvalue weighted by atomic mass is 16.5. The molecule has 1 N–H and O–H groups in total. The van der Waals surface area contributed by atoms with Gasteiger partial charge in [-0.15, -0.1) is 0 Å². The topological polar surface area (TPSA) is 41.6 Å². The predicted octanol–water partition coefficient (Wildman–Crippen LogP) is 0.978. The summed E-state index contributed by atoms with van der Waals surface area (Å²) in [5, 5.41) is 3.25. The summed E-state index contributed by atoms with van der Waals surface area (Å²) in [5.74, 6) is 1.02. The molecule has 0 radical (unpaired) electrons. The van der Waals surface area contributed by atoms with E-state index < -0.39 is 0 Å². The number of nitrogens with zero attached hydrogens (tertiary/aromatic N) is 1. The fourth-order valence-electron chi connectivity index (χ4n) is 2.33. The van der Waals surface area contributed by atoms with E-state index in [1.54, 1.807) is 7.11 Å². The van der Waals surface area contributed by atoms with Crippen LogP contribution in [0, 0.1) is 6.92 Å². The first-order chi connectivity index (χ1) is 8.72. The summed E-state index contributed by atoms with van der Waals surface area (Å²) in [6.45, 7) is 5.37. The van der Waals surface area contributed by atoms with E-state index in [0.717, 1.165) is 43.1 Å². The third-order valence-corrected chi connectivity index (χ3v) is 3.31. The van der Waals surface area contributed by atoms with Gasteiger partial charge in [0.2, 0.25) is 5.91 Å². The molecule has 1 heterocycles. The lowest BCUT2D eigenvalue weighted by Gasteiger charge is -2.27. The van der Waals surface area contributed by atoms with E-state index in [9.17, 15) is 4.79 Å². The standard InChI is InChI=1S/C14H20N2O2/c1-11-4-3-5-12(14(11)18-2)10-13(17)16-8-6-15-7-9-16/h3-5,15H,6-10H2,1-2H3. The Hall–Kier alpha value is -1.55. The van der Waals surface area contributed by atoms with Crippen LogP contribution in [0.4, 0.5) is 0 Å². The third-order valence-electron chi connectivity index (χ3n) is 3.31. The van der Waals surface area contributed by atoms with E-state index in [4.69, 9.17) is 4.74 Å². The molecule has 0 atom stereocenters. The Labute approximate surface area is 108 Å². The van der Waals surface area contributed by atoms with Gasteiger partial charge in [-0.3, -0.25) is 4.79 Å². The van der Waals surface area contributed by atoms with Gasteiger partial charge in [-0.25, -0.2) is 0 Å². The first-order valence-electron chi connectivity index (χ1n) is 6.33. The Morgan fingerprint density at radius 2 is 2.11 bits per heavy atom. The molecular formula is C14H20N2O2. The molecule has 0 saturated carbocycles. The third kappa shape index (κ3) is 2.82. The minimum absolute atomic E-state index is 0.181. The first-order valence-corrected chi connectivity index (χ1v) is 6.33. The molecule has 1 aliphatic heterocycles. The molecule has 4 heteroatoms. The number of carbonyl (C=O) groups excluding carboxylic acids is 1. The van der Waals surface area contributed by atoms with E-state index in [2.05, 4.69) is 5.32 Å². The molecule has 1 fully saturated rings. The van der Waals surface area contributed by atoms with E-state index in [1.807, 2.05) is 30.0 Å². The Kier molecular flexibility index (Phi) is 4.20. The number of amides is 1. The summed E-state index contributed by atoms with van der Waals surface area (Å²) < 4.78 is 5.38. The summed E-state index contributed by atoms with van der Waals surface area (Å²) >= 11 is 0. The van der Waals surface area contributed by atoms with E-state index in [-0.39, 0.29) is 5.91 Å². The summed E-state index contributed by atoms with van der Waals surface area (Å²) in [6.07, 6.45) is 0.421. The van der Waals surface area contributed by atoms with Crippen LogP contribution in [0.2, 0.25) is 0 Å². The van der Waals surface area contributed by atoms with Gasteiger partial charge in [-0.2, -0.15) is 0 Å². The van der Waals surface area contributed by atoms with Crippen molar-refractivity contribution in [2.45, 2.75) is 13.3 Å². The largest absolute Gasteiger partial charge is 0.496 e. The molecule has 1 saturated heterocycles. The number of para-hydroxylation sites is 1. The van der Waals surface area contributed by atoms with E-state index in [1.165, 1.54) is 0 Å². The van der Waals surface area contributed by atoms with Crippen molar-refractivity contribution >= 4 is 5.91 Å². The Morgan fingerprint density at radius 3 is 2.78 bits per heavy atom. The van der Waals surface area contributed by atoms with Gasteiger partial charge in [0.25, 0.3) is 0 Å². The van der Waals surface area contributed by atoms with Crippen LogP contribution in [0.25, 0.3) is 0 Å². The van der Waals surface area contributed by atoms with Crippen molar-refractivity contribution in [3.05, 3.63) is 29.3 Å². The lowest BCUT2D eigenvalue weighted by atomic mass is 10.1. The second-order valence-electron chi connectivity index (χ2n) is 4.57. The number of carbonyl (C=O) groups is 1. The zero-order valence-corrected chi connectivity index (χ0v) is 11.0. The van der Waals surface area contributed by atoms with Crippen molar-refractivity contribution < 1.29 is 9.53 Å². The molecule has 0 unspecified atom stereocenters. The van der Waals surface area contributed by atoms with Gasteiger partial charge in [0.05, 0.1) is 13.5 Å². The van der Waals surface area contributed by atoms with Crippen molar-refractivity contribution in [3.8, 4) is 5.75 Å². The fourth-order valence-corrected chi connectivity index (χ4v) is 2.33. The SMILES string of the molecule is COc1c(C)cccc1CC(=O)N1CCNCC1. The Morgan fingerprint density at radius 1 is 1.39 bits per heavy atom. The van der Waals surface area contributed by atoms with Crippen LogP contribution < -0.4 is 10.1 Å². The molecule has 2 rings (SSSR count). The van der Waals surface area contributed by atoms with Crippen molar-refractivity contribution in [1.82, 2.24) is 10.2 Å². The van der Waals surface area contributed by atoms with Gasteiger partial charge in [-0.1, -0.05) is 18.2 Å². The molecule has 98 valence electrons. The molecule has 1 aromatic carbocycles. The molecule has 4 nitrogen and oxygen atoms in total. The molecule has 1 amide bonds. The molecular weight excluding hydrogens is 228 g/mol. The van der Waals surface area contributed by atoms with Crippen molar-refractivity contribution in [3.63, 3.8) is 0 Å². The van der Waals surface area contributed by atoms with Gasteiger partial charge in [0.15, 0.2) is 0 Å². The van der Waals surface area contributed by atoms with Gasteiger partial charge >= 0.3 is 0 Å². The van der Waals surface area contributed by atoms with Crippen LogP contribution in [0.15, 0.2) is 18.2 Å². The van der Waals surface area contributed by atoms with E-state index >= 15 is 0 Å². The zero-order chi connectivity index (χ0) is 13.0. The highest BCUT2D eigenvalue weighted by Crippen LogP contribution is 2.23. The number of hydrogen-bond donors (Lipinski definition) is 1. The quantitative estimate of drug-likeness (QED) is 0.867. The number of ether oxygens (including phenoxy) is 1. The number of hydrogen-bond acceptors (Lipinski definition) is 3. The number of piperazine rings is 1. The summed E-state index contributed by atoms with van der Waals surface area (Å²) in [4.78, 5) is 14.1. The van der Waals surface area contributed by atoms with Crippen LogP contribution in [0.1, 0.15) is 11.1 Å². The fraction of sp³-hybridized carbons (Fsp3) is 0.500. The summed E-state index contributed by atoms with van der Waals surface area (Å²) in [5.41, 5.74) is 2.05. The maximum atomic E-state index is 12.2. The predicted molar refractivity (Wildman–Crippen MR) is 70.9 cm³/mol. The first kappa shape index (κ1) is 12.9. The van der Waals surface area contributed by atoms with Crippen LogP contribution in [0.3, 0.4) is 0 Å². The minimum atomic E-state index is 0.181. The lowest BCUT2D eigenvalue weighted by Crippen LogP contribution is -2.46. The average molecular weight is 248 g/mol. The van der Waals surface area contributed by atoms with E-state index in [0.29, 0.717) is 6.42 Å². The minimum Gasteiger partial charge on any atom is -0.496 e. The lowest BCUT2D eigenvalue weighted by molar-refractivity contribution is -0.131. The molecule has 1 aromatic rings. The van der Waals surface area contributed by atoms with Crippen molar-refractivity contribution in [1.29, 1.82) is 0 Å². The average Bonchev–Trinajstić information content (AvgIpc) is 2.40. The van der Waals surface area contributed by atoms with Crippen molar-refractivity contribution in [2.75, 3.05) is 33.3 Å². The normalized spacial score (nSPS) is 15.6. The Bertz CT molecular complexity index is 426. The number of aryl methyl sites for hydroxylation is 1. The van der Waals surface area contributed by atoms with Crippen LogP contribution in [-0.4, -0.2) is 44.1 Å². The monoisotopic (exact) mass is 248 g/mol. The zero-order valence-electron chi connectivity index (χ0n) is 11.0. The molecule has 1 aliphatic rings. The number of rotatable bonds is 3. The van der Waals surface area contributed by atoms with Gasteiger partial charge in [0, 0.05) is 31.7 Å². The second kappa shape index (κ2) is 5.87. The number of benzene rings is 1. The number of methoxy groups -OCH3 is 1. The van der Waals surface area contributed by atoms with Crippen LogP contribution >= 0.6 is 0 Å². The molecule has 0 spiro atoms. The summed E-state index contributed by atoms with van der Waals surface area (Å²) in [7, 11) is 1.65. The smallest absolute Gasteiger partial charge is 0.227 e. The Balaban J connectivity index is 2.08. The highest BCUT2D eigenvalue weighted by Gasteiger charge is 2.18. The second-order valence-corrected chi connectivity index (χ2v) is 4.57. The number of nitrogens with one attached hydrogen (secondary N) is 1. The molecule has 0 aliphatic carbocycles.